The maximum absolute atomic E-state index is 14.0. The Kier molecular flexibility index (Phi) is 7.14. The van der Waals surface area contributed by atoms with Gasteiger partial charge in [-0.1, -0.05) is 48.5 Å². The zero-order valence-corrected chi connectivity index (χ0v) is 22.1. The molecule has 0 amide bonds. The second-order valence-corrected chi connectivity index (χ2v) is 11.4. The topological polar surface area (TPSA) is 111 Å². The van der Waals surface area contributed by atoms with Crippen molar-refractivity contribution >= 4 is 9.84 Å². The van der Waals surface area contributed by atoms with Crippen LogP contribution >= 0.6 is 0 Å². The molecule has 1 saturated carbocycles. The van der Waals surface area contributed by atoms with Crippen LogP contribution in [-0.4, -0.2) is 41.8 Å². The molecule has 0 bridgehead atoms. The van der Waals surface area contributed by atoms with Crippen molar-refractivity contribution in [3.05, 3.63) is 100 Å². The van der Waals surface area contributed by atoms with Crippen LogP contribution in [0.15, 0.2) is 87.5 Å². The van der Waals surface area contributed by atoms with E-state index in [4.69, 9.17) is 4.74 Å². The first-order valence-electron chi connectivity index (χ1n) is 12.5. The van der Waals surface area contributed by atoms with E-state index in [1.54, 1.807) is 18.3 Å². The van der Waals surface area contributed by atoms with Crippen LogP contribution in [-0.2, 0) is 21.0 Å². The molecule has 196 valence electrons. The van der Waals surface area contributed by atoms with Gasteiger partial charge in [-0.25, -0.2) is 8.42 Å². The van der Waals surface area contributed by atoms with Gasteiger partial charge in [0.2, 0.25) is 15.7 Å². The Morgan fingerprint density at radius 1 is 1.05 bits per heavy atom. The van der Waals surface area contributed by atoms with Gasteiger partial charge >= 0.3 is 0 Å². The average molecular weight is 532 g/mol. The molecule has 5 rings (SSSR count). The maximum atomic E-state index is 14.0. The Hall–Kier alpha value is -3.82. The van der Waals surface area contributed by atoms with Crippen molar-refractivity contribution in [2.24, 2.45) is 5.92 Å². The van der Waals surface area contributed by atoms with Gasteiger partial charge in [-0.2, -0.15) is 4.98 Å². The van der Waals surface area contributed by atoms with Gasteiger partial charge in [-0.3, -0.25) is 14.3 Å². The Bertz CT molecular complexity index is 1610. The molecule has 1 atom stereocenters. The van der Waals surface area contributed by atoms with E-state index in [1.807, 2.05) is 49.4 Å². The molecule has 4 aromatic rings. The highest BCUT2D eigenvalue weighted by Gasteiger charge is 2.34. The molecule has 0 radical (unpaired) electrons. The number of methoxy groups -OCH3 is 1. The zero-order chi connectivity index (χ0) is 26.9. The summed E-state index contributed by atoms with van der Waals surface area (Å²) >= 11 is 0. The van der Waals surface area contributed by atoms with Gasteiger partial charge in [-0.15, -0.1) is 0 Å². The summed E-state index contributed by atoms with van der Waals surface area (Å²) in [6.07, 6.45) is 4.16. The van der Waals surface area contributed by atoms with E-state index in [0.29, 0.717) is 18.2 Å². The number of hydrogen-bond donors (Lipinski definition) is 1. The lowest BCUT2D eigenvalue weighted by molar-refractivity contribution is 0.165. The predicted molar refractivity (Wildman–Crippen MR) is 143 cm³/mol. The number of sulfone groups is 1. The van der Waals surface area contributed by atoms with Crippen LogP contribution in [0.25, 0.3) is 11.1 Å². The summed E-state index contributed by atoms with van der Waals surface area (Å²) in [6, 6.07) is 18.6. The Balaban J connectivity index is 1.64. The van der Waals surface area contributed by atoms with Gasteiger partial charge in [0.15, 0.2) is 4.90 Å². The fourth-order valence-corrected chi connectivity index (χ4v) is 6.05. The standard InChI is InChI=1S/C29H29N3O5S/c1-19-24(9-6-16-30-19)21-12-14-23(15-13-21)38(35,36)27-28(33)31-26(17-20-10-11-20)32(29(27)34)25(18-37-2)22-7-4-3-5-8-22/h3-9,12-16,20,25,33H,10-11,17-18H2,1-2H3. The summed E-state index contributed by atoms with van der Waals surface area (Å²) in [5.41, 5.74) is 2.44. The minimum atomic E-state index is -4.39. The molecule has 9 heteroatoms. The normalized spacial score (nSPS) is 14.4. The Labute approximate surface area is 221 Å². The molecular formula is C29H29N3O5S. The maximum Gasteiger partial charge on any atom is 0.277 e. The van der Waals surface area contributed by atoms with Crippen LogP contribution in [0.2, 0.25) is 0 Å². The lowest BCUT2D eigenvalue weighted by Crippen LogP contribution is -2.35. The minimum Gasteiger partial charge on any atom is -0.492 e. The smallest absolute Gasteiger partial charge is 0.277 e. The van der Waals surface area contributed by atoms with Crippen molar-refractivity contribution in [3.8, 4) is 17.0 Å². The van der Waals surface area contributed by atoms with E-state index in [0.717, 1.165) is 35.2 Å². The monoisotopic (exact) mass is 531 g/mol. The Morgan fingerprint density at radius 3 is 2.39 bits per heavy atom. The van der Waals surface area contributed by atoms with Gasteiger partial charge in [0.1, 0.15) is 5.82 Å². The lowest BCUT2D eigenvalue weighted by atomic mass is 10.1. The van der Waals surface area contributed by atoms with Gasteiger partial charge in [0.05, 0.1) is 17.5 Å². The third-order valence-corrected chi connectivity index (χ3v) is 8.66. The second kappa shape index (κ2) is 10.5. The fraction of sp³-hybridized carbons (Fsp3) is 0.276. The molecule has 0 saturated heterocycles. The quantitative estimate of drug-likeness (QED) is 0.342. The van der Waals surface area contributed by atoms with Crippen LogP contribution in [0.4, 0.5) is 0 Å². The molecule has 1 unspecified atom stereocenters. The van der Waals surface area contributed by atoms with E-state index in [2.05, 4.69) is 9.97 Å². The number of hydrogen-bond acceptors (Lipinski definition) is 7. The molecular weight excluding hydrogens is 502 g/mol. The van der Waals surface area contributed by atoms with Crippen molar-refractivity contribution in [3.63, 3.8) is 0 Å². The molecule has 1 aliphatic carbocycles. The number of nitrogens with zero attached hydrogens (tertiary/aromatic N) is 3. The number of pyridine rings is 1. The van der Waals surface area contributed by atoms with E-state index in [9.17, 15) is 18.3 Å². The number of aromatic nitrogens is 3. The summed E-state index contributed by atoms with van der Waals surface area (Å²) < 4.78 is 34.3. The molecule has 1 aliphatic rings. The van der Waals surface area contributed by atoms with E-state index in [-0.39, 0.29) is 11.5 Å². The van der Waals surface area contributed by atoms with Gasteiger partial charge < -0.3 is 9.84 Å². The second-order valence-electron chi connectivity index (χ2n) is 9.55. The molecule has 0 aliphatic heterocycles. The molecule has 1 fully saturated rings. The Morgan fingerprint density at radius 2 is 1.76 bits per heavy atom. The summed E-state index contributed by atoms with van der Waals surface area (Å²) in [6.45, 7) is 2.01. The molecule has 1 N–H and O–H groups in total. The van der Waals surface area contributed by atoms with Gasteiger partial charge in [0.25, 0.3) is 5.56 Å². The third kappa shape index (κ3) is 4.99. The molecule has 38 heavy (non-hydrogen) atoms. The van der Waals surface area contributed by atoms with Crippen LogP contribution in [0.3, 0.4) is 0 Å². The van der Waals surface area contributed by atoms with Crippen LogP contribution < -0.4 is 5.56 Å². The van der Waals surface area contributed by atoms with Crippen molar-refractivity contribution in [1.29, 1.82) is 0 Å². The van der Waals surface area contributed by atoms with Gasteiger partial charge in [-0.05, 0) is 55.0 Å². The van der Waals surface area contributed by atoms with Crippen LogP contribution in [0, 0.1) is 12.8 Å². The number of benzene rings is 2. The first-order valence-corrected chi connectivity index (χ1v) is 13.9. The molecule has 2 heterocycles. The third-order valence-electron chi connectivity index (χ3n) is 6.87. The van der Waals surface area contributed by atoms with Crippen LogP contribution in [0.1, 0.15) is 36.0 Å². The zero-order valence-electron chi connectivity index (χ0n) is 21.2. The molecule has 8 nitrogen and oxygen atoms in total. The van der Waals surface area contributed by atoms with E-state index >= 15 is 0 Å². The summed E-state index contributed by atoms with van der Waals surface area (Å²) in [5, 5.41) is 10.8. The number of ether oxygens (including phenoxy) is 1. The van der Waals surface area contributed by atoms with Gasteiger partial charge in [0, 0.05) is 31.0 Å². The van der Waals surface area contributed by atoms with E-state index in [1.165, 1.54) is 23.8 Å². The highest BCUT2D eigenvalue weighted by molar-refractivity contribution is 7.91. The van der Waals surface area contributed by atoms with Crippen LogP contribution in [0.5, 0.6) is 5.88 Å². The summed E-state index contributed by atoms with van der Waals surface area (Å²) in [7, 11) is -2.87. The number of rotatable bonds is 9. The summed E-state index contributed by atoms with van der Waals surface area (Å²) in [4.78, 5) is 21.7. The van der Waals surface area contributed by atoms with Crippen molar-refractivity contribution < 1.29 is 18.3 Å². The molecule has 2 aromatic carbocycles. The minimum absolute atomic E-state index is 0.110. The largest absolute Gasteiger partial charge is 0.492 e. The van der Waals surface area contributed by atoms with Crippen molar-refractivity contribution in [2.75, 3.05) is 13.7 Å². The van der Waals surface area contributed by atoms with E-state index < -0.39 is 32.2 Å². The fourth-order valence-electron chi connectivity index (χ4n) is 4.70. The van der Waals surface area contributed by atoms with Crippen molar-refractivity contribution in [2.45, 2.75) is 42.0 Å². The molecule has 2 aromatic heterocycles. The highest BCUT2D eigenvalue weighted by Crippen LogP contribution is 2.35. The summed E-state index contributed by atoms with van der Waals surface area (Å²) in [5.74, 6) is -0.0852. The number of aromatic hydroxyl groups is 1. The highest BCUT2D eigenvalue weighted by atomic mass is 32.2. The van der Waals surface area contributed by atoms with Crippen molar-refractivity contribution in [1.82, 2.24) is 14.5 Å². The molecule has 0 spiro atoms. The predicted octanol–water partition coefficient (Wildman–Crippen LogP) is 4.34. The first kappa shape index (κ1) is 25.8. The number of aryl methyl sites for hydroxylation is 1. The average Bonchev–Trinajstić information content (AvgIpc) is 3.73. The first-order chi connectivity index (χ1) is 18.3. The lowest BCUT2D eigenvalue weighted by Gasteiger charge is -2.24. The SMILES string of the molecule is COCC(c1ccccc1)n1c(CC2CC2)nc(O)c(S(=O)(=O)c2ccc(-c3cccnc3C)cc2)c1=O.